The Morgan fingerprint density at radius 3 is 2.68 bits per heavy atom. The van der Waals surface area contributed by atoms with E-state index in [2.05, 4.69) is 25.8 Å². The molecule has 0 saturated heterocycles. The monoisotopic (exact) mass is 389 g/mol. The van der Waals surface area contributed by atoms with E-state index < -0.39 is 11.8 Å². The maximum Gasteiger partial charge on any atom is 0.222 e. The summed E-state index contributed by atoms with van der Waals surface area (Å²) in [4.78, 5) is 16.3. The number of guanidine groups is 1. The number of primary amides is 1. The van der Waals surface area contributed by atoms with Crippen molar-refractivity contribution in [3.8, 4) is 0 Å². The third-order valence-corrected chi connectivity index (χ3v) is 4.27. The van der Waals surface area contributed by atoms with E-state index in [1.165, 1.54) is 12.1 Å². The molecular formula is C19H28FN7O. The van der Waals surface area contributed by atoms with Crippen molar-refractivity contribution in [2.24, 2.45) is 16.6 Å². The molecule has 0 aliphatic carbocycles. The molecule has 0 aliphatic rings. The SMILES string of the molecule is CCNC(=NCC(Cc1ccc(F)cc1)C(N)=O)NCCn1cnnc1CC. The number of hydrogen-bond donors (Lipinski definition) is 3. The Morgan fingerprint density at radius 1 is 1.29 bits per heavy atom. The van der Waals surface area contributed by atoms with Gasteiger partial charge in [0, 0.05) is 26.1 Å². The van der Waals surface area contributed by atoms with Crippen molar-refractivity contribution in [1.29, 1.82) is 0 Å². The predicted molar refractivity (Wildman–Crippen MR) is 106 cm³/mol. The first-order chi connectivity index (χ1) is 13.5. The molecule has 1 aromatic heterocycles. The minimum Gasteiger partial charge on any atom is -0.369 e. The summed E-state index contributed by atoms with van der Waals surface area (Å²) in [5.41, 5.74) is 6.38. The average Bonchev–Trinajstić information content (AvgIpc) is 3.13. The van der Waals surface area contributed by atoms with Gasteiger partial charge in [-0.25, -0.2) is 4.39 Å². The number of hydrogen-bond acceptors (Lipinski definition) is 4. The molecule has 0 saturated carbocycles. The van der Waals surface area contributed by atoms with Gasteiger partial charge in [-0.2, -0.15) is 0 Å². The molecule has 2 aromatic rings. The number of rotatable bonds is 10. The van der Waals surface area contributed by atoms with Gasteiger partial charge < -0.3 is 20.9 Å². The first-order valence-electron chi connectivity index (χ1n) is 9.46. The second-order valence-corrected chi connectivity index (χ2v) is 6.37. The molecule has 0 spiro atoms. The molecule has 1 amide bonds. The number of nitrogens with two attached hydrogens (primary N) is 1. The van der Waals surface area contributed by atoms with Crippen molar-refractivity contribution in [3.63, 3.8) is 0 Å². The molecule has 1 aromatic carbocycles. The van der Waals surface area contributed by atoms with Gasteiger partial charge in [-0.05, 0) is 31.0 Å². The molecule has 0 bridgehead atoms. The molecule has 0 fully saturated rings. The van der Waals surface area contributed by atoms with Gasteiger partial charge in [0.2, 0.25) is 5.91 Å². The maximum atomic E-state index is 13.0. The Bertz CT molecular complexity index is 773. The lowest BCUT2D eigenvalue weighted by molar-refractivity contribution is -0.121. The van der Waals surface area contributed by atoms with Crippen LogP contribution in [0.4, 0.5) is 4.39 Å². The van der Waals surface area contributed by atoms with Crippen LogP contribution in [0.15, 0.2) is 35.6 Å². The number of nitrogens with zero attached hydrogens (tertiary/aromatic N) is 4. The van der Waals surface area contributed by atoms with Crippen LogP contribution in [0.3, 0.4) is 0 Å². The van der Waals surface area contributed by atoms with Crippen molar-refractivity contribution in [3.05, 3.63) is 47.8 Å². The minimum atomic E-state index is -0.467. The molecule has 2 rings (SSSR count). The average molecular weight is 389 g/mol. The lowest BCUT2D eigenvalue weighted by Gasteiger charge is -2.15. The van der Waals surface area contributed by atoms with Crippen molar-refractivity contribution < 1.29 is 9.18 Å². The number of halogens is 1. The number of benzene rings is 1. The van der Waals surface area contributed by atoms with Gasteiger partial charge in [0.05, 0.1) is 12.5 Å². The largest absolute Gasteiger partial charge is 0.369 e. The summed E-state index contributed by atoms with van der Waals surface area (Å²) in [5.74, 6) is 0.331. The predicted octanol–water partition coefficient (Wildman–Crippen LogP) is 0.879. The van der Waals surface area contributed by atoms with Crippen molar-refractivity contribution >= 4 is 11.9 Å². The highest BCUT2D eigenvalue weighted by Crippen LogP contribution is 2.10. The van der Waals surface area contributed by atoms with Crippen LogP contribution < -0.4 is 16.4 Å². The Kier molecular flexibility index (Phi) is 8.38. The van der Waals surface area contributed by atoms with Gasteiger partial charge in [0.25, 0.3) is 0 Å². The van der Waals surface area contributed by atoms with Gasteiger partial charge >= 0.3 is 0 Å². The number of carbonyl (C=O) groups excluding carboxylic acids is 1. The van der Waals surface area contributed by atoms with Gasteiger partial charge in [0.1, 0.15) is 18.0 Å². The maximum absolute atomic E-state index is 13.0. The molecule has 9 heteroatoms. The molecule has 1 unspecified atom stereocenters. The van der Waals surface area contributed by atoms with E-state index >= 15 is 0 Å². The van der Waals surface area contributed by atoms with Gasteiger partial charge in [-0.15, -0.1) is 10.2 Å². The van der Waals surface area contributed by atoms with Crippen LogP contribution >= 0.6 is 0 Å². The number of carbonyl (C=O) groups is 1. The van der Waals surface area contributed by atoms with Crippen molar-refractivity contribution in [2.45, 2.75) is 33.2 Å². The Balaban J connectivity index is 1.94. The smallest absolute Gasteiger partial charge is 0.222 e. The Labute approximate surface area is 164 Å². The summed E-state index contributed by atoms with van der Waals surface area (Å²) in [6, 6.07) is 6.06. The van der Waals surface area contributed by atoms with Crippen molar-refractivity contribution in [2.75, 3.05) is 19.6 Å². The lowest BCUT2D eigenvalue weighted by Crippen LogP contribution is -2.40. The van der Waals surface area contributed by atoms with Crippen LogP contribution in [-0.2, 0) is 24.2 Å². The summed E-state index contributed by atoms with van der Waals surface area (Å²) in [5, 5.41) is 14.4. The van der Waals surface area contributed by atoms with Gasteiger partial charge in [-0.3, -0.25) is 9.79 Å². The van der Waals surface area contributed by atoms with Crippen LogP contribution in [0.1, 0.15) is 25.2 Å². The molecule has 0 aliphatic heterocycles. The summed E-state index contributed by atoms with van der Waals surface area (Å²) < 4.78 is 15.0. The van der Waals surface area contributed by atoms with Gasteiger partial charge in [-0.1, -0.05) is 19.1 Å². The molecule has 0 radical (unpaired) electrons. The minimum absolute atomic E-state index is 0.245. The Hall–Kier alpha value is -2.97. The molecule has 152 valence electrons. The van der Waals surface area contributed by atoms with Gasteiger partial charge in [0.15, 0.2) is 5.96 Å². The summed E-state index contributed by atoms with van der Waals surface area (Å²) in [6.45, 7) is 6.28. The topological polar surface area (TPSA) is 110 Å². The van der Waals surface area contributed by atoms with Crippen LogP contribution in [0.2, 0.25) is 0 Å². The molecular weight excluding hydrogens is 361 g/mol. The molecule has 1 atom stereocenters. The summed E-state index contributed by atoms with van der Waals surface area (Å²) >= 11 is 0. The highest BCUT2D eigenvalue weighted by molar-refractivity contribution is 5.81. The second-order valence-electron chi connectivity index (χ2n) is 6.37. The van der Waals surface area contributed by atoms with E-state index in [-0.39, 0.29) is 12.4 Å². The first-order valence-corrected chi connectivity index (χ1v) is 9.46. The molecule has 1 heterocycles. The van der Waals surface area contributed by atoms with E-state index in [0.29, 0.717) is 32.0 Å². The van der Waals surface area contributed by atoms with E-state index in [0.717, 1.165) is 17.8 Å². The van der Waals surface area contributed by atoms with Crippen LogP contribution in [0, 0.1) is 11.7 Å². The normalized spacial score (nSPS) is 12.6. The van der Waals surface area contributed by atoms with Crippen LogP contribution in [0.5, 0.6) is 0 Å². The lowest BCUT2D eigenvalue weighted by atomic mass is 9.99. The van der Waals surface area contributed by atoms with E-state index in [4.69, 9.17) is 5.73 Å². The third-order valence-electron chi connectivity index (χ3n) is 4.27. The number of aryl methyl sites for hydroxylation is 1. The zero-order valence-corrected chi connectivity index (χ0v) is 16.4. The number of nitrogens with one attached hydrogen (secondary N) is 2. The van der Waals surface area contributed by atoms with E-state index in [1.807, 2.05) is 18.4 Å². The quantitative estimate of drug-likeness (QED) is 0.413. The number of amides is 1. The number of aromatic nitrogens is 3. The molecule has 28 heavy (non-hydrogen) atoms. The fraction of sp³-hybridized carbons (Fsp3) is 0.474. The van der Waals surface area contributed by atoms with Crippen molar-refractivity contribution in [1.82, 2.24) is 25.4 Å². The Morgan fingerprint density at radius 2 is 2.04 bits per heavy atom. The van der Waals surface area contributed by atoms with Crippen LogP contribution in [0.25, 0.3) is 0 Å². The molecule has 8 nitrogen and oxygen atoms in total. The summed E-state index contributed by atoms with van der Waals surface area (Å²) in [6.07, 6.45) is 2.94. The van der Waals surface area contributed by atoms with E-state index in [9.17, 15) is 9.18 Å². The molecule has 4 N–H and O–H groups in total. The van der Waals surface area contributed by atoms with E-state index in [1.54, 1.807) is 18.5 Å². The highest BCUT2D eigenvalue weighted by atomic mass is 19.1. The first kappa shape index (κ1) is 21.3. The number of aliphatic imine (C=N–C) groups is 1. The summed E-state index contributed by atoms with van der Waals surface area (Å²) in [7, 11) is 0. The van der Waals surface area contributed by atoms with Crippen LogP contribution in [-0.4, -0.2) is 46.3 Å². The zero-order valence-electron chi connectivity index (χ0n) is 16.4. The second kappa shape index (κ2) is 11.0. The third kappa shape index (κ3) is 6.64. The fourth-order valence-electron chi connectivity index (χ4n) is 2.74. The highest BCUT2D eigenvalue weighted by Gasteiger charge is 2.16. The zero-order chi connectivity index (χ0) is 20.4. The standard InChI is InChI=1S/C19H28FN7O/c1-3-17-26-25-13-27(17)10-9-23-19(22-4-2)24-12-15(18(21)28)11-14-5-7-16(20)8-6-14/h5-8,13,15H,3-4,9-12H2,1-2H3,(H2,21,28)(H2,22,23,24). The fourth-order valence-corrected chi connectivity index (χ4v) is 2.74.